The van der Waals surface area contributed by atoms with E-state index in [9.17, 15) is 4.79 Å². The molecule has 0 aromatic heterocycles. The molecule has 0 aliphatic carbocycles. The number of carbonyl (C=O) groups excluding carboxylic acids is 1. The summed E-state index contributed by atoms with van der Waals surface area (Å²) in [5.41, 5.74) is 4.53. The fraction of sp³-hybridized carbons (Fsp3) is 0. The maximum atomic E-state index is 9.47. The van der Waals surface area contributed by atoms with Crippen LogP contribution in [0.3, 0.4) is 0 Å². The summed E-state index contributed by atoms with van der Waals surface area (Å²) < 4.78 is 0. The van der Waals surface area contributed by atoms with E-state index in [1.54, 1.807) is 0 Å². The molecule has 0 radical (unpaired) electrons. The zero-order chi connectivity index (χ0) is 7.70. The number of carbonyl (C=O) groups is 1. The molecule has 0 atom stereocenters. The first kappa shape index (κ1) is 10.2. The van der Waals surface area contributed by atoms with Crippen LogP contribution in [-0.2, 0) is 4.79 Å². The van der Waals surface area contributed by atoms with Crippen LogP contribution in [0.5, 0.6) is 0 Å². The first-order valence-electron chi connectivity index (χ1n) is 1.89. The number of nitriles is 2. The molecule has 4 nitrogen and oxygen atoms in total. The highest BCUT2D eigenvalue weighted by Crippen LogP contribution is 1.48. The second-order valence-corrected chi connectivity index (χ2v) is 0.830. The van der Waals surface area contributed by atoms with E-state index in [-0.39, 0.29) is 0 Å². The third kappa shape index (κ3) is 76.7. The van der Waals surface area contributed by atoms with Gasteiger partial charge in [-0.25, -0.2) is 0 Å². The molecule has 0 aliphatic heterocycles. The number of rotatable bonds is 1. The maximum Gasteiger partial charge on any atom is 0.240 e. The van der Waals surface area contributed by atoms with Gasteiger partial charge >= 0.3 is 0 Å². The predicted octanol–water partition coefficient (Wildman–Crippen LogP) is -0.309. The van der Waals surface area contributed by atoms with Gasteiger partial charge in [0.05, 0.1) is 0 Å². The number of amides is 1. The van der Waals surface area contributed by atoms with Crippen molar-refractivity contribution >= 4 is 5.91 Å². The average molecular weight is 123 g/mol. The first-order chi connectivity index (χ1) is 4.18. The van der Waals surface area contributed by atoms with Crippen molar-refractivity contribution in [3.05, 3.63) is 12.7 Å². The summed E-state index contributed by atoms with van der Waals surface area (Å²) in [6, 6.07) is 2.47. The molecule has 0 unspecified atom stereocenters. The molecule has 0 rings (SSSR count). The Balaban J connectivity index is 0. The summed E-state index contributed by atoms with van der Waals surface area (Å²) in [7, 11) is 0. The summed E-state index contributed by atoms with van der Waals surface area (Å²) in [4.78, 5) is 9.47. The molecule has 0 aromatic rings. The lowest BCUT2D eigenvalue weighted by Crippen LogP contribution is -2.04. The van der Waals surface area contributed by atoms with Crippen molar-refractivity contribution in [3.8, 4) is 12.1 Å². The molecule has 1 amide bonds. The van der Waals surface area contributed by atoms with Gasteiger partial charge in [-0.05, 0) is 6.08 Å². The van der Waals surface area contributed by atoms with Gasteiger partial charge in [0, 0.05) is 0 Å². The Morgan fingerprint density at radius 3 is 1.78 bits per heavy atom. The lowest BCUT2D eigenvalue weighted by molar-refractivity contribution is -0.113. The highest BCUT2D eigenvalue weighted by molar-refractivity contribution is 5.84. The molecule has 4 heteroatoms. The van der Waals surface area contributed by atoms with Crippen LogP contribution in [0.2, 0.25) is 0 Å². The van der Waals surface area contributed by atoms with Crippen molar-refractivity contribution in [2.45, 2.75) is 0 Å². The zero-order valence-electron chi connectivity index (χ0n) is 4.66. The third-order valence-corrected chi connectivity index (χ3v) is 0.251. The molecule has 9 heavy (non-hydrogen) atoms. The minimum Gasteiger partial charge on any atom is -0.366 e. The van der Waals surface area contributed by atoms with Crippen molar-refractivity contribution in [2.24, 2.45) is 5.73 Å². The number of primary amides is 1. The van der Waals surface area contributed by atoms with Gasteiger partial charge in [0.2, 0.25) is 5.91 Å². The average Bonchev–Trinajstić information content (AvgIpc) is 1.89. The molecule has 0 saturated heterocycles. The molecule has 0 bridgehead atoms. The SMILES string of the molecule is C=CC(N)=O.N#CC#N. The molecule has 0 saturated carbocycles. The highest BCUT2D eigenvalue weighted by atomic mass is 16.1. The van der Waals surface area contributed by atoms with Gasteiger partial charge in [0.25, 0.3) is 0 Å². The van der Waals surface area contributed by atoms with E-state index in [0.29, 0.717) is 0 Å². The number of nitrogens with two attached hydrogens (primary N) is 1. The van der Waals surface area contributed by atoms with Gasteiger partial charge in [0.15, 0.2) is 12.1 Å². The summed E-state index contributed by atoms with van der Waals surface area (Å²) in [6.45, 7) is 3.09. The summed E-state index contributed by atoms with van der Waals surface area (Å²) >= 11 is 0. The van der Waals surface area contributed by atoms with E-state index in [1.165, 1.54) is 12.1 Å². The largest absolute Gasteiger partial charge is 0.366 e. The van der Waals surface area contributed by atoms with E-state index in [2.05, 4.69) is 12.3 Å². The standard InChI is InChI=1S/C3H5NO.C2N2/c1-2-3(4)5;3-1-2-4/h2H,1H2,(H2,4,5);. The van der Waals surface area contributed by atoms with E-state index in [1.807, 2.05) is 0 Å². The van der Waals surface area contributed by atoms with Crippen molar-refractivity contribution < 1.29 is 4.79 Å². The van der Waals surface area contributed by atoms with Crippen molar-refractivity contribution in [1.82, 2.24) is 0 Å². The van der Waals surface area contributed by atoms with E-state index >= 15 is 0 Å². The fourth-order valence-electron chi connectivity index (χ4n) is 0. The molecule has 0 heterocycles. The van der Waals surface area contributed by atoms with Crippen LogP contribution in [0.25, 0.3) is 0 Å². The quantitative estimate of drug-likeness (QED) is 0.485. The zero-order valence-corrected chi connectivity index (χ0v) is 4.66. The Labute approximate surface area is 52.8 Å². The fourth-order valence-corrected chi connectivity index (χ4v) is 0. The smallest absolute Gasteiger partial charge is 0.240 e. The predicted molar refractivity (Wildman–Crippen MR) is 30.6 cm³/mol. The van der Waals surface area contributed by atoms with Crippen LogP contribution in [0.15, 0.2) is 12.7 Å². The van der Waals surface area contributed by atoms with Crippen molar-refractivity contribution in [2.75, 3.05) is 0 Å². The molecule has 0 spiro atoms. The van der Waals surface area contributed by atoms with Gasteiger partial charge in [-0.3, -0.25) is 4.79 Å². The number of hydrogen-bond donors (Lipinski definition) is 1. The molecular weight excluding hydrogens is 118 g/mol. The van der Waals surface area contributed by atoms with Crippen molar-refractivity contribution in [3.63, 3.8) is 0 Å². The Morgan fingerprint density at radius 1 is 1.56 bits per heavy atom. The lowest BCUT2D eigenvalue weighted by Gasteiger charge is -1.65. The topological polar surface area (TPSA) is 90.7 Å². The summed E-state index contributed by atoms with van der Waals surface area (Å²) in [6.07, 6.45) is 1.06. The second kappa shape index (κ2) is 9.50. The summed E-state index contributed by atoms with van der Waals surface area (Å²) in [5.74, 6) is -0.481. The highest BCUT2D eigenvalue weighted by Gasteiger charge is 1.69. The van der Waals surface area contributed by atoms with Crippen LogP contribution < -0.4 is 5.73 Å². The monoisotopic (exact) mass is 123 g/mol. The van der Waals surface area contributed by atoms with Crippen LogP contribution in [0.4, 0.5) is 0 Å². The number of nitrogens with zero attached hydrogens (tertiary/aromatic N) is 2. The molecular formula is C5H5N3O. The van der Waals surface area contributed by atoms with Crippen LogP contribution in [-0.4, -0.2) is 5.91 Å². The Hall–Kier alpha value is -1.81. The van der Waals surface area contributed by atoms with E-state index < -0.39 is 5.91 Å². The second-order valence-electron chi connectivity index (χ2n) is 0.830. The molecule has 2 N–H and O–H groups in total. The number of hydrogen-bond acceptors (Lipinski definition) is 3. The molecule has 0 aliphatic rings. The van der Waals surface area contributed by atoms with Crippen LogP contribution >= 0.6 is 0 Å². The minimum atomic E-state index is -0.481. The molecule has 0 aromatic carbocycles. The van der Waals surface area contributed by atoms with Gasteiger partial charge in [-0.15, -0.1) is 0 Å². The minimum absolute atomic E-state index is 0.481. The van der Waals surface area contributed by atoms with Crippen LogP contribution in [0.1, 0.15) is 0 Å². The Kier molecular flexibility index (Phi) is 10.8. The Bertz CT molecular complexity index is 160. The molecule has 0 fully saturated rings. The van der Waals surface area contributed by atoms with E-state index in [0.717, 1.165) is 6.08 Å². The van der Waals surface area contributed by atoms with Crippen molar-refractivity contribution in [1.29, 1.82) is 10.5 Å². The molecule has 46 valence electrons. The third-order valence-electron chi connectivity index (χ3n) is 0.251. The normalized spacial score (nSPS) is 4.67. The van der Waals surface area contributed by atoms with Gasteiger partial charge in [-0.2, -0.15) is 10.5 Å². The van der Waals surface area contributed by atoms with Gasteiger partial charge < -0.3 is 5.73 Å². The lowest BCUT2D eigenvalue weighted by atomic mass is 10.6. The summed E-state index contributed by atoms with van der Waals surface area (Å²) in [5, 5.41) is 14.5. The van der Waals surface area contributed by atoms with Gasteiger partial charge in [-0.1, -0.05) is 6.58 Å². The van der Waals surface area contributed by atoms with E-state index in [4.69, 9.17) is 10.5 Å². The van der Waals surface area contributed by atoms with Crippen LogP contribution in [0, 0.1) is 22.7 Å². The van der Waals surface area contributed by atoms with Gasteiger partial charge in [0.1, 0.15) is 0 Å². The maximum absolute atomic E-state index is 9.47. The first-order valence-corrected chi connectivity index (χ1v) is 1.89. The Morgan fingerprint density at radius 2 is 1.78 bits per heavy atom.